The van der Waals surface area contributed by atoms with Crippen LogP contribution in [0.5, 0.6) is 0 Å². The largest absolute Gasteiger partial charge is 0.468 e. The Morgan fingerprint density at radius 3 is 2.80 bits per heavy atom. The summed E-state index contributed by atoms with van der Waals surface area (Å²) in [4.78, 5) is 24.1. The molecule has 0 spiro atoms. The summed E-state index contributed by atoms with van der Waals surface area (Å²) < 4.78 is 4.88. The van der Waals surface area contributed by atoms with Gasteiger partial charge < -0.3 is 4.74 Å². The van der Waals surface area contributed by atoms with Crippen molar-refractivity contribution in [2.24, 2.45) is 17.3 Å². The predicted molar refractivity (Wildman–Crippen MR) is 55.2 cm³/mol. The molecule has 0 aromatic rings. The number of hydrogen-bond acceptors (Lipinski definition) is 3. The third-order valence-corrected chi connectivity index (χ3v) is 4.31. The Hall–Kier alpha value is -0.860. The van der Waals surface area contributed by atoms with Gasteiger partial charge in [0.1, 0.15) is 5.41 Å². The molecule has 2 fully saturated rings. The lowest BCUT2D eigenvalue weighted by Gasteiger charge is -2.38. The normalized spacial score (nSPS) is 40.0. The van der Waals surface area contributed by atoms with Gasteiger partial charge in [0.15, 0.2) is 5.78 Å². The van der Waals surface area contributed by atoms with Crippen LogP contribution in [0.25, 0.3) is 0 Å². The number of fused-ring (bicyclic) bond motifs is 1. The minimum atomic E-state index is -0.785. The van der Waals surface area contributed by atoms with Gasteiger partial charge in [-0.25, -0.2) is 0 Å². The highest BCUT2D eigenvalue weighted by Gasteiger charge is 2.60. The lowest BCUT2D eigenvalue weighted by molar-refractivity contribution is -0.165. The average molecular weight is 210 g/mol. The molecule has 2 aliphatic carbocycles. The van der Waals surface area contributed by atoms with Crippen LogP contribution in [0, 0.1) is 17.3 Å². The molecule has 0 bridgehead atoms. The first-order chi connectivity index (χ1) is 7.14. The zero-order valence-electron chi connectivity index (χ0n) is 9.41. The van der Waals surface area contributed by atoms with Crippen LogP contribution in [-0.2, 0) is 14.3 Å². The van der Waals surface area contributed by atoms with Gasteiger partial charge >= 0.3 is 5.97 Å². The van der Waals surface area contributed by atoms with E-state index in [1.165, 1.54) is 7.11 Å². The Kier molecular flexibility index (Phi) is 2.57. The first-order valence-electron chi connectivity index (χ1n) is 5.75. The smallest absolute Gasteiger partial charge is 0.319 e. The summed E-state index contributed by atoms with van der Waals surface area (Å²) in [6, 6.07) is 0. The molecule has 0 aromatic carbocycles. The van der Waals surface area contributed by atoms with E-state index in [9.17, 15) is 9.59 Å². The van der Waals surface area contributed by atoms with E-state index in [0.717, 1.165) is 25.7 Å². The van der Waals surface area contributed by atoms with Crippen LogP contribution >= 0.6 is 0 Å². The first-order valence-corrected chi connectivity index (χ1v) is 5.75. The van der Waals surface area contributed by atoms with Crippen LogP contribution in [0.3, 0.4) is 0 Å². The number of hydrogen-bond donors (Lipinski definition) is 0. The standard InChI is InChI=1S/C12H18O3/c1-8-6-7-9-4-3-5-10(13)12(8,9)11(14)15-2/h8-9H,3-7H2,1-2H3/t8?,9-,12-/m0/s1. The van der Waals surface area contributed by atoms with Crippen LogP contribution in [0.15, 0.2) is 0 Å². The van der Waals surface area contributed by atoms with Gasteiger partial charge in [-0.15, -0.1) is 0 Å². The second-order valence-electron chi connectivity index (χ2n) is 4.85. The highest BCUT2D eigenvalue weighted by molar-refractivity contribution is 6.05. The molecule has 2 saturated carbocycles. The molecule has 0 radical (unpaired) electrons. The molecule has 1 unspecified atom stereocenters. The Morgan fingerprint density at radius 2 is 2.13 bits per heavy atom. The van der Waals surface area contributed by atoms with Crippen molar-refractivity contribution in [1.82, 2.24) is 0 Å². The maximum absolute atomic E-state index is 12.1. The van der Waals surface area contributed by atoms with Crippen molar-refractivity contribution in [2.75, 3.05) is 7.11 Å². The Morgan fingerprint density at radius 1 is 1.40 bits per heavy atom. The first kappa shape index (κ1) is 10.7. The van der Waals surface area contributed by atoms with E-state index in [0.29, 0.717) is 6.42 Å². The summed E-state index contributed by atoms with van der Waals surface area (Å²) in [5.74, 6) is 0.224. The predicted octanol–water partition coefficient (Wildman–Crippen LogP) is 1.94. The van der Waals surface area contributed by atoms with Gasteiger partial charge in [-0.3, -0.25) is 9.59 Å². The quantitative estimate of drug-likeness (QED) is 0.490. The van der Waals surface area contributed by atoms with Gasteiger partial charge in [0.05, 0.1) is 7.11 Å². The number of methoxy groups -OCH3 is 1. The molecule has 3 nitrogen and oxygen atoms in total. The maximum atomic E-state index is 12.1. The third-order valence-electron chi connectivity index (χ3n) is 4.31. The molecule has 2 rings (SSSR count). The van der Waals surface area contributed by atoms with E-state index in [-0.39, 0.29) is 23.6 Å². The van der Waals surface area contributed by atoms with Crippen molar-refractivity contribution in [2.45, 2.75) is 39.0 Å². The summed E-state index contributed by atoms with van der Waals surface area (Å²) in [7, 11) is 1.39. The topological polar surface area (TPSA) is 43.4 Å². The minimum Gasteiger partial charge on any atom is -0.468 e. The second-order valence-corrected chi connectivity index (χ2v) is 4.85. The van der Waals surface area contributed by atoms with Gasteiger partial charge in [-0.2, -0.15) is 0 Å². The summed E-state index contributed by atoms with van der Waals surface area (Å²) in [5.41, 5.74) is -0.785. The molecule has 0 N–H and O–H groups in total. The fourth-order valence-electron chi connectivity index (χ4n) is 3.55. The number of rotatable bonds is 1. The van der Waals surface area contributed by atoms with Gasteiger partial charge in [-0.05, 0) is 37.5 Å². The van der Waals surface area contributed by atoms with Crippen molar-refractivity contribution in [3.63, 3.8) is 0 Å². The van der Waals surface area contributed by atoms with Crippen LogP contribution in [-0.4, -0.2) is 18.9 Å². The zero-order valence-corrected chi connectivity index (χ0v) is 9.41. The van der Waals surface area contributed by atoms with Gasteiger partial charge in [0.25, 0.3) is 0 Å². The molecule has 15 heavy (non-hydrogen) atoms. The average Bonchev–Trinajstić information content (AvgIpc) is 2.58. The SMILES string of the molecule is COC(=O)[C@]12C(=O)CCC[C@H]1CCC2C. The summed E-state index contributed by atoms with van der Waals surface area (Å²) in [6.45, 7) is 2.01. The van der Waals surface area contributed by atoms with E-state index in [4.69, 9.17) is 4.74 Å². The van der Waals surface area contributed by atoms with E-state index in [2.05, 4.69) is 0 Å². The Balaban J connectivity index is 2.42. The number of esters is 1. The van der Waals surface area contributed by atoms with Crippen LogP contribution < -0.4 is 0 Å². The number of carbonyl (C=O) groups excluding carboxylic acids is 2. The molecule has 0 aliphatic heterocycles. The fraction of sp³-hybridized carbons (Fsp3) is 0.833. The van der Waals surface area contributed by atoms with Crippen LogP contribution in [0.1, 0.15) is 39.0 Å². The van der Waals surface area contributed by atoms with Crippen LogP contribution in [0.4, 0.5) is 0 Å². The van der Waals surface area contributed by atoms with Gasteiger partial charge in [0.2, 0.25) is 0 Å². The highest BCUT2D eigenvalue weighted by Crippen LogP contribution is 2.54. The molecular formula is C12H18O3. The van der Waals surface area contributed by atoms with Crippen molar-refractivity contribution < 1.29 is 14.3 Å². The third kappa shape index (κ3) is 1.25. The monoisotopic (exact) mass is 210 g/mol. The van der Waals surface area contributed by atoms with Crippen molar-refractivity contribution in [3.05, 3.63) is 0 Å². The molecule has 3 atom stereocenters. The van der Waals surface area contributed by atoms with E-state index in [1.807, 2.05) is 6.92 Å². The molecule has 84 valence electrons. The van der Waals surface area contributed by atoms with Crippen molar-refractivity contribution in [3.8, 4) is 0 Å². The van der Waals surface area contributed by atoms with Crippen molar-refractivity contribution in [1.29, 1.82) is 0 Å². The van der Waals surface area contributed by atoms with Crippen LogP contribution in [0.2, 0.25) is 0 Å². The summed E-state index contributed by atoms with van der Waals surface area (Å²) >= 11 is 0. The number of Topliss-reactive ketones (excluding diaryl/α,β-unsaturated/α-hetero) is 1. The fourth-order valence-corrected chi connectivity index (χ4v) is 3.55. The number of carbonyl (C=O) groups is 2. The maximum Gasteiger partial charge on any atom is 0.319 e. The Bertz CT molecular complexity index is 285. The van der Waals surface area contributed by atoms with Gasteiger partial charge in [0, 0.05) is 6.42 Å². The molecule has 2 aliphatic rings. The van der Waals surface area contributed by atoms with E-state index >= 15 is 0 Å². The molecule has 0 heterocycles. The Labute approximate surface area is 90.2 Å². The molecule has 0 aromatic heterocycles. The lowest BCUT2D eigenvalue weighted by Crippen LogP contribution is -2.49. The van der Waals surface area contributed by atoms with E-state index in [1.54, 1.807) is 0 Å². The number of ether oxygens (including phenoxy) is 1. The summed E-state index contributed by atoms with van der Waals surface area (Å²) in [5, 5.41) is 0. The van der Waals surface area contributed by atoms with E-state index < -0.39 is 5.41 Å². The number of ketones is 1. The molecular weight excluding hydrogens is 192 g/mol. The molecule has 0 amide bonds. The minimum absolute atomic E-state index is 0.121. The zero-order chi connectivity index (χ0) is 11.1. The van der Waals surface area contributed by atoms with Crippen molar-refractivity contribution >= 4 is 11.8 Å². The summed E-state index contributed by atoms with van der Waals surface area (Å²) in [6.07, 6.45) is 4.48. The second kappa shape index (κ2) is 3.62. The lowest BCUT2D eigenvalue weighted by atomic mass is 9.63. The highest BCUT2D eigenvalue weighted by atomic mass is 16.5. The van der Waals surface area contributed by atoms with Gasteiger partial charge in [-0.1, -0.05) is 6.92 Å². The molecule has 3 heteroatoms. The molecule has 0 saturated heterocycles.